The molecule has 0 heterocycles. The van der Waals surface area contributed by atoms with E-state index in [1.54, 1.807) is 0 Å². The lowest BCUT2D eigenvalue weighted by molar-refractivity contribution is 0.0697. The Morgan fingerprint density at radius 3 is 2.00 bits per heavy atom. The quantitative estimate of drug-likeness (QED) is 0.888. The largest absolute Gasteiger partial charge is 0.478 e. The van der Waals surface area contributed by atoms with Gasteiger partial charge in [-0.2, -0.15) is 0 Å². The van der Waals surface area contributed by atoms with Gasteiger partial charge in [-0.1, -0.05) is 6.07 Å². The van der Waals surface area contributed by atoms with Gasteiger partial charge < -0.3 is 5.11 Å². The van der Waals surface area contributed by atoms with Gasteiger partial charge in [0.25, 0.3) is 0 Å². The number of carboxylic acid groups (broad SMARTS) is 1. The van der Waals surface area contributed by atoms with Crippen LogP contribution in [0.4, 0.5) is 13.2 Å². The van der Waals surface area contributed by atoms with Crippen molar-refractivity contribution in [2.75, 3.05) is 0 Å². The Morgan fingerprint density at radius 1 is 0.889 bits per heavy atom. The lowest BCUT2D eigenvalue weighted by Gasteiger charge is -2.07. The summed E-state index contributed by atoms with van der Waals surface area (Å²) >= 11 is 0. The number of hydrogen-bond acceptors (Lipinski definition) is 1. The summed E-state index contributed by atoms with van der Waals surface area (Å²) in [6, 6.07) is 5.72. The van der Waals surface area contributed by atoms with Crippen LogP contribution < -0.4 is 0 Å². The average Bonchev–Trinajstić information content (AvgIpc) is 2.29. The number of aromatic carboxylic acids is 1. The number of benzene rings is 2. The van der Waals surface area contributed by atoms with Crippen LogP contribution in [0.25, 0.3) is 11.1 Å². The van der Waals surface area contributed by atoms with Crippen molar-refractivity contribution >= 4 is 5.97 Å². The maximum Gasteiger partial charge on any atom is 0.336 e. The van der Waals surface area contributed by atoms with E-state index >= 15 is 0 Å². The summed E-state index contributed by atoms with van der Waals surface area (Å²) in [6.07, 6.45) is 0. The molecule has 2 nitrogen and oxygen atoms in total. The van der Waals surface area contributed by atoms with Crippen molar-refractivity contribution in [3.05, 3.63) is 59.4 Å². The monoisotopic (exact) mass is 252 g/mol. The molecule has 1 N–H and O–H groups in total. The molecule has 0 atom stereocenters. The summed E-state index contributed by atoms with van der Waals surface area (Å²) < 4.78 is 39.3. The van der Waals surface area contributed by atoms with Gasteiger partial charge in [0.2, 0.25) is 0 Å². The highest BCUT2D eigenvalue weighted by atomic mass is 19.1. The lowest BCUT2D eigenvalue weighted by Crippen LogP contribution is -2.01. The average molecular weight is 252 g/mol. The van der Waals surface area contributed by atoms with Crippen LogP contribution in [0.15, 0.2) is 36.4 Å². The molecular weight excluding hydrogens is 245 g/mol. The normalized spacial score (nSPS) is 10.4. The Morgan fingerprint density at radius 2 is 1.44 bits per heavy atom. The smallest absolute Gasteiger partial charge is 0.336 e. The fraction of sp³-hybridized carbons (Fsp3) is 0. The second-order valence-electron chi connectivity index (χ2n) is 3.62. The SMILES string of the molecule is O=C(O)c1cc(F)ccc1-c1ccc(F)cc1F. The van der Waals surface area contributed by atoms with Crippen LogP contribution >= 0.6 is 0 Å². The first-order chi connectivity index (χ1) is 8.49. The van der Waals surface area contributed by atoms with E-state index in [9.17, 15) is 18.0 Å². The topological polar surface area (TPSA) is 37.3 Å². The van der Waals surface area contributed by atoms with Gasteiger partial charge in [-0.25, -0.2) is 18.0 Å². The van der Waals surface area contributed by atoms with Crippen LogP contribution in [-0.2, 0) is 0 Å². The molecular formula is C13H7F3O2. The van der Waals surface area contributed by atoms with Crippen molar-refractivity contribution in [3.8, 4) is 11.1 Å². The molecule has 92 valence electrons. The molecule has 0 saturated carbocycles. The highest BCUT2D eigenvalue weighted by molar-refractivity contribution is 5.96. The second kappa shape index (κ2) is 4.52. The maximum absolute atomic E-state index is 13.6. The van der Waals surface area contributed by atoms with Gasteiger partial charge in [0.05, 0.1) is 5.56 Å². The van der Waals surface area contributed by atoms with Crippen LogP contribution in [0.5, 0.6) is 0 Å². The molecule has 5 heteroatoms. The van der Waals surface area contributed by atoms with Crippen LogP contribution in [0.1, 0.15) is 10.4 Å². The van der Waals surface area contributed by atoms with Crippen molar-refractivity contribution in [3.63, 3.8) is 0 Å². The van der Waals surface area contributed by atoms with E-state index in [0.29, 0.717) is 6.07 Å². The zero-order valence-corrected chi connectivity index (χ0v) is 8.95. The first-order valence-electron chi connectivity index (χ1n) is 4.97. The highest BCUT2D eigenvalue weighted by Gasteiger charge is 2.16. The van der Waals surface area contributed by atoms with Gasteiger partial charge in [-0.15, -0.1) is 0 Å². The molecule has 0 fully saturated rings. The molecule has 0 aliphatic rings. The van der Waals surface area contributed by atoms with E-state index in [1.165, 1.54) is 0 Å². The van der Waals surface area contributed by atoms with E-state index in [0.717, 1.165) is 30.3 Å². The third-order valence-electron chi connectivity index (χ3n) is 2.43. The molecule has 0 unspecified atom stereocenters. The standard InChI is InChI=1S/C13H7F3O2/c14-7-1-3-9(11(5-7)13(17)18)10-4-2-8(15)6-12(10)16/h1-6H,(H,17,18). The molecule has 0 saturated heterocycles. The summed E-state index contributed by atoms with van der Waals surface area (Å²) in [5.74, 6) is -3.79. The Bertz CT molecular complexity index is 624. The maximum atomic E-state index is 13.6. The van der Waals surface area contributed by atoms with Gasteiger partial charge in [0.1, 0.15) is 17.5 Å². The van der Waals surface area contributed by atoms with Crippen LogP contribution in [0.2, 0.25) is 0 Å². The van der Waals surface area contributed by atoms with Gasteiger partial charge >= 0.3 is 5.97 Å². The zero-order chi connectivity index (χ0) is 13.3. The summed E-state index contributed by atoms with van der Waals surface area (Å²) in [7, 11) is 0. The Hall–Kier alpha value is -2.30. The van der Waals surface area contributed by atoms with Crippen molar-refractivity contribution in [2.24, 2.45) is 0 Å². The van der Waals surface area contributed by atoms with Gasteiger partial charge in [-0.3, -0.25) is 0 Å². The van der Waals surface area contributed by atoms with Gasteiger partial charge in [0, 0.05) is 11.6 Å². The molecule has 0 aliphatic heterocycles. The zero-order valence-electron chi connectivity index (χ0n) is 8.95. The van der Waals surface area contributed by atoms with Crippen LogP contribution in [0.3, 0.4) is 0 Å². The molecule has 2 aromatic rings. The first kappa shape index (κ1) is 12.2. The number of carbonyl (C=O) groups is 1. The minimum atomic E-state index is -1.38. The molecule has 2 aromatic carbocycles. The molecule has 0 aromatic heterocycles. The van der Waals surface area contributed by atoms with Gasteiger partial charge in [0.15, 0.2) is 0 Å². The molecule has 0 radical (unpaired) electrons. The summed E-state index contributed by atoms with van der Waals surface area (Å²) in [6.45, 7) is 0. The first-order valence-corrected chi connectivity index (χ1v) is 4.97. The van der Waals surface area contributed by atoms with E-state index < -0.39 is 23.4 Å². The van der Waals surface area contributed by atoms with Crippen molar-refractivity contribution < 1.29 is 23.1 Å². The predicted octanol–water partition coefficient (Wildman–Crippen LogP) is 3.47. The van der Waals surface area contributed by atoms with Crippen LogP contribution in [-0.4, -0.2) is 11.1 Å². The fourth-order valence-corrected chi connectivity index (χ4v) is 1.64. The van der Waals surface area contributed by atoms with Gasteiger partial charge in [-0.05, 0) is 29.8 Å². The molecule has 2 rings (SSSR count). The second-order valence-corrected chi connectivity index (χ2v) is 3.62. The molecule has 0 amide bonds. The lowest BCUT2D eigenvalue weighted by atomic mass is 9.99. The number of hydrogen-bond donors (Lipinski definition) is 1. The molecule has 18 heavy (non-hydrogen) atoms. The van der Waals surface area contributed by atoms with Crippen molar-refractivity contribution in [2.45, 2.75) is 0 Å². The molecule has 0 spiro atoms. The number of carboxylic acids is 1. The third kappa shape index (κ3) is 2.20. The minimum Gasteiger partial charge on any atom is -0.478 e. The summed E-state index contributed by atoms with van der Waals surface area (Å²) in [4.78, 5) is 11.0. The fourth-order valence-electron chi connectivity index (χ4n) is 1.64. The van der Waals surface area contributed by atoms with E-state index in [1.807, 2.05) is 0 Å². The van der Waals surface area contributed by atoms with E-state index in [4.69, 9.17) is 5.11 Å². The minimum absolute atomic E-state index is 0.00130. The predicted molar refractivity (Wildman–Crippen MR) is 58.7 cm³/mol. The molecule has 0 bridgehead atoms. The van der Waals surface area contributed by atoms with E-state index in [2.05, 4.69) is 0 Å². The number of rotatable bonds is 2. The van der Waals surface area contributed by atoms with Crippen LogP contribution in [0, 0.1) is 17.5 Å². The van der Waals surface area contributed by atoms with Crippen molar-refractivity contribution in [1.29, 1.82) is 0 Å². The Kier molecular flexibility index (Phi) is 3.06. The summed E-state index contributed by atoms with van der Waals surface area (Å²) in [5, 5.41) is 8.93. The third-order valence-corrected chi connectivity index (χ3v) is 2.43. The summed E-state index contributed by atoms with van der Waals surface area (Å²) in [5.41, 5.74) is -0.462. The Balaban J connectivity index is 2.67. The van der Waals surface area contributed by atoms with E-state index in [-0.39, 0.29) is 16.7 Å². The molecule has 0 aliphatic carbocycles. The van der Waals surface area contributed by atoms with Crippen molar-refractivity contribution in [1.82, 2.24) is 0 Å². The highest BCUT2D eigenvalue weighted by Crippen LogP contribution is 2.27. The number of halogens is 3. The Labute approximate surface area is 100 Å².